The van der Waals surface area contributed by atoms with Crippen molar-refractivity contribution in [2.45, 2.75) is 74.5 Å². The molecule has 0 aliphatic heterocycles. The molecule has 194 valence electrons. The Labute approximate surface area is 220 Å². The minimum Gasteiger partial charge on any atom is -0.394 e. The molecule has 1 aromatic carbocycles. The summed E-state index contributed by atoms with van der Waals surface area (Å²) in [5.41, 5.74) is -0.834. The van der Waals surface area contributed by atoms with E-state index in [0.29, 0.717) is 23.7 Å². The van der Waals surface area contributed by atoms with Gasteiger partial charge in [-0.15, -0.1) is 5.10 Å². The molecular weight excluding hydrogens is 487 g/mol. The van der Waals surface area contributed by atoms with Crippen LogP contribution in [-0.2, 0) is 4.74 Å². The molecule has 0 unspecified atom stereocenters. The van der Waals surface area contributed by atoms with E-state index < -0.39 is 49.6 Å². The molecule has 3 aromatic rings. The molecule has 2 aromatic heterocycles. The zero-order chi connectivity index (χ0) is 30.8. The third-order valence-electron chi connectivity index (χ3n) is 6.56. The Kier molecular flexibility index (Phi) is 5.51. The standard InChI is InChI=1S/C24H31FN6O4S/c1-3-8-36-24-27-22(26-16-10-14(16)13-5-4-12(2)15(25)9-13)19-23(28-24)31(30-29-19)17-11-18(35-7-6-32)21(34)20(17)33/h4-5,9,14,16-18,20-21,32-34H,3,6-8,10-11H2,1-2H3,(H,26,27,28)/t14-,16+,17+,18-,20-,21+/m0/s1/i3D2,6D2,8D2. The molecule has 0 amide bonds. The van der Waals surface area contributed by atoms with Gasteiger partial charge in [-0.25, -0.2) is 19.0 Å². The smallest absolute Gasteiger partial charge is 0.191 e. The highest BCUT2D eigenvalue weighted by molar-refractivity contribution is 7.99. The molecule has 2 heterocycles. The fourth-order valence-electron chi connectivity index (χ4n) is 4.53. The van der Waals surface area contributed by atoms with Crippen LogP contribution in [0.3, 0.4) is 0 Å². The van der Waals surface area contributed by atoms with Crippen LogP contribution < -0.4 is 5.32 Å². The quantitative estimate of drug-likeness (QED) is 0.231. The van der Waals surface area contributed by atoms with E-state index in [9.17, 15) is 19.7 Å². The van der Waals surface area contributed by atoms with Crippen molar-refractivity contribution in [2.24, 2.45) is 0 Å². The highest BCUT2D eigenvalue weighted by atomic mass is 32.2. The van der Waals surface area contributed by atoms with Gasteiger partial charge in [0.25, 0.3) is 0 Å². The lowest BCUT2D eigenvalue weighted by atomic mass is 10.1. The lowest BCUT2D eigenvalue weighted by Gasteiger charge is -2.17. The van der Waals surface area contributed by atoms with Gasteiger partial charge < -0.3 is 25.4 Å². The maximum atomic E-state index is 14.2. The molecule has 0 radical (unpaired) electrons. The average Bonchev–Trinajstić information content (AvgIpc) is 3.41. The van der Waals surface area contributed by atoms with Crippen molar-refractivity contribution in [2.75, 3.05) is 24.2 Å². The van der Waals surface area contributed by atoms with Gasteiger partial charge in [0.15, 0.2) is 22.1 Å². The lowest BCUT2D eigenvalue weighted by Crippen LogP contribution is -2.33. The summed E-state index contributed by atoms with van der Waals surface area (Å²) in [6.07, 6.45) is -5.53. The van der Waals surface area contributed by atoms with Gasteiger partial charge in [0.1, 0.15) is 18.0 Å². The number of fused-ring (bicyclic) bond motifs is 1. The molecule has 2 aliphatic rings. The monoisotopic (exact) mass is 524 g/mol. The summed E-state index contributed by atoms with van der Waals surface area (Å²) >= 11 is 0.469. The number of benzene rings is 1. The van der Waals surface area contributed by atoms with Crippen molar-refractivity contribution in [3.63, 3.8) is 0 Å². The molecule has 0 spiro atoms. The Bertz CT molecular complexity index is 1470. The summed E-state index contributed by atoms with van der Waals surface area (Å²) in [5, 5.41) is 42.1. The van der Waals surface area contributed by atoms with Gasteiger partial charge in [-0.3, -0.25) is 0 Å². The third-order valence-corrected chi connectivity index (χ3v) is 7.23. The molecule has 12 heteroatoms. The first-order chi connectivity index (χ1) is 19.4. The summed E-state index contributed by atoms with van der Waals surface area (Å²) in [5.74, 6) is -0.143. The fraction of sp³-hybridized carbons (Fsp3) is 0.583. The zero-order valence-electron chi connectivity index (χ0n) is 25.6. The van der Waals surface area contributed by atoms with Crippen molar-refractivity contribution >= 4 is 28.7 Å². The van der Waals surface area contributed by atoms with Crippen LogP contribution in [0.2, 0.25) is 0 Å². The highest BCUT2D eigenvalue weighted by Crippen LogP contribution is 2.44. The van der Waals surface area contributed by atoms with E-state index >= 15 is 0 Å². The number of anilines is 1. The SMILES string of the molecule is [2H]C([2H])(O)CO[C@H]1C[C@@H](n2nnc3c(N[C@@H]4C[C@H]4c4ccc(C)c(F)c4)nc(SC([2H])([2H])C([2H])([2H])C)nc32)[C@H](O)[C@@H]1O. The van der Waals surface area contributed by atoms with Crippen LogP contribution in [0.5, 0.6) is 0 Å². The van der Waals surface area contributed by atoms with E-state index in [-0.39, 0.29) is 46.3 Å². The predicted octanol–water partition coefficient (Wildman–Crippen LogP) is 2.18. The molecule has 36 heavy (non-hydrogen) atoms. The molecule has 0 bridgehead atoms. The van der Waals surface area contributed by atoms with Crippen molar-refractivity contribution in [3.8, 4) is 0 Å². The van der Waals surface area contributed by atoms with E-state index in [0.717, 1.165) is 12.5 Å². The van der Waals surface area contributed by atoms with Gasteiger partial charge in [-0.05, 0) is 36.9 Å². The normalized spacial score (nSPS) is 31.3. The van der Waals surface area contributed by atoms with Gasteiger partial charge in [-0.1, -0.05) is 36.0 Å². The number of rotatable bonds is 10. The second-order valence-electron chi connectivity index (χ2n) is 8.91. The molecule has 2 aliphatic carbocycles. The molecule has 6 atom stereocenters. The van der Waals surface area contributed by atoms with E-state index in [1.807, 2.05) is 6.07 Å². The van der Waals surface area contributed by atoms with Gasteiger partial charge >= 0.3 is 0 Å². The van der Waals surface area contributed by atoms with E-state index in [4.69, 9.17) is 13.0 Å². The summed E-state index contributed by atoms with van der Waals surface area (Å²) in [6, 6.07) is 3.95. The lowest BCUT2D eigenvalue weighted by molar-refractivity contribution is -0.0629. The van der Waals surface area contributed by atoms with Crippen molar-refractivity contribution in [3.05, 3.63) is 35.1 Å². The average molecular weight is 525 g/mol. The number of ether oxygens (including phenoxy) is 1. The second-order valence-corrected chi connectivity index (χ2v) is 9.68. The van der Waals surface area contributed by atoms with E-state index in [2.05, 4.69) is 25.6 Å². The Morgan fingerprint density at radius 3 is 2.86 bits per heavy atom. The first-order valence-electron chi connectivity index (χ1n) is 14.5. The van der Waals surface area contributed by atoms with Crippen LogP contribution in [0, 0.1) is 12.7 Å². The molecule has 2 fully saturated rings. The maximum absolute atomic E-state index is 14.2. The van der Waals surface area contributed by atoms with Crippen LogP contribution in [0.1, 0.15) is 57.4 Å². The first kappa shape index (κ1) is 18.8. The van der Waals surface area contributed by atoms with E-state index in [1.165, 1.54) is 10.7 Å². The number of hydrogen-bond donors (Lipinski definition) is 4. The first-order valence-corrected chi connectivity index (χ1v) is 12.3. The van der Waals surface area contributed by atoms with Gasteiger partial charge in [0, 0.05) is 29.6 Å². The minimum atomic E-state index is -2.64. The van der Waals surface area contributed by atoms with Crippen LogP contribution in [-0.4, -0.2) is 83.5 Å². The molecule has 5 rings (SSSR count). The van der Waals surface area contributed by atoms with Gasteiger partial charge in [0.2, 0.25) is 0 Å². The van der Waals surface area contributed by atoms with Gasteiger partial charge in [-0.2, -0.15) is 0 Å². The number of halogens is 1. The van der Waals surface area contributed by atoms with Crippen LogP contribution in [0.25, 0.3) is 11.2 Å². The Morgan fingerprint density at radius 2 is 2.11 bits per heavy atom. The Balaban J connectivity index is 1.47. The Hall–Kier alpha value is -2.38. The predicted molar refractivity (Wildman–Crippen MR) is 133 cm³/mol. The molecule has 0 saturated heterocycles. The topological polar surface area (TPSA) is 138 Å². The summed E-state index contributed by atoms with van der Waals surface area (Å²) in [7, 11) is 0. The van der Waals surface area contributed by atoms with Gasteiger partial charge in [0.05, 0.1) is 28.1 Å². The van der Waals surface area contributed by atoms with Crippen molar-refractivity contribution in [1.82, 2.24) is 25.0 Å². The number of aromatic nitrogens is 5. The number of hydrogen-bond acceptors (Lipinski definition) is 10. The number of nitrogens with one attached hydrogen (secondary N) is 1. The maximum Gasteiger partial charge on any atom is 0.191 e. The summed E-state index contributed by atoms with van der Waals surface area (Å²) < 4.78 is 67.5. The molecule has 2 saturated carbocycles. The molecule has 4 N–H and O–H groups in total. The number of thioether (sulfide) groups is 1. The minimum absolute atomic E-state index is 0.0232. The number of aliphatic hydroxyl groups excluding tert-OH is 2. The fourth-order valence-corrected chi connectivity index (χ4v) is 5.00. The number of aryl methyl sites for hydroxylation is 1. The summed E-state index contributed by atoms with van der Waals surface area (Å²) in [6.45, 7) is -0.593. The van der Waals surface area contributed by atoms with Crippen molar-refractivity contribution < 1.29 is 32.7 Å². The van der Waals surface area contributed by atoms with Crippen molar-refractivity contribution in [1.29, 1.82) is 0 Å². The number of nitrogens with zero attached hydrogens (tertiary/aromatic N) is 5. The largest absolute Gasteiger partial charge is 0.394 e. The Morgan fingerprint density at radius 1 is 1.28 bits per heavy atom. The zero-order valence-corrected chi connectivity index (χ0v) is 20.4. The summed E-state index contributed by atoms with van der Waals surface area (Å²) in [4.78, 5) is 8.82. The highest BCUT2D eigenvalue weighted by Gasteiger charge is 2.45. The van der Waals surface area contributed by atoms with E-state index in [1.54, 1.807) is 13.0 Å². The van der Waals surface area contributed by atoms with Crippen LogP contribution in [0.15, 0.2) is 23.4 Å². The number of aliphatic hydroxyl groups is 3. The van der Waals surface area contributed by atoms with Crippen LogP contribution >= 0.6 is 11.8 Å². The third kappa shape index (κ3) is 4.92. The molecule has 10 nitrogen and oxygen atoms in total. The molecular formula is C24H31FN6O4S. The second kappa shape index (κ2) is 10.5. The van der Waals surface area contributed by atoms with Crippen LogP contribution in [0.4, 0.5) is 10.2 Å².